The molecule has 0 heteroatoms. The Kier molecular flexibility index (Phi) is 2.53. The molecule has 0 aromatic heterocycles. The molecule has 14 heavy (non-hydrogen) atoms. The first-order valence-corrected chi connectivity index (χ1v) is 5.19. The first kappa shape index (κ1) is 9.26. The molecule has 1 aliphatic rings. The van der Waals surface area contributed by atoms with Crippen molar-refractivity contribution in [3.05, 3.63) is 58.7 Å². The van der Waals surface area contributed by atoms with Gasteiger partial charge in [-0.2, -0.15) is 0 Å². The summed E-state index contributed by atoms with van der Waals surface area (Å²) in [7, 11) is 0. The van der Waals surface area contributed by atoms with E-state index in [4.69, 9.17) is 0 Å². The van der Waals surface area contributed by atoms with E-state index in [1.807, 2.05) is 0 Å². The fourth-order valence-electron chi connectivity index (χ4n) is 2.07. The number of hydrogen-bond donors (Lipinski definition) is 0. The highest BCUT2D eigenvalue weighted by atomic mass is 14.2. The summed E-state index contributed by atoms with van der Waals surface area (Å²) in [5.74, 6) is 0. The van der Waals surface area contributed by atoms with E-state index in [0.29, 0.717) is 0 Å². The lowest BCUT2D eigenvalue weighted by Crippen LogP contribution is -1.85. The van der Waals surface area contributed by atoms with E-state index in [1.54, 1.807) is 5.56 Å². The molecular formula is C14H16. The molecule has 1 aliphatic carbocycles. The van der Waals surface area contributed by atoms with Crippen LogP contribution in [0.3, 0.4) is 0 Å². The van der Waals surface area contributed by atoms with Gasteiger partial charge in [-0.05, 0) is 43.4 Å². The van der Waals surface area contributed by atoms with Crippen LogP contribution in [0.25, 0.3) is 0 Å². The lowest BCUT2D eigenvalue weighted by atomic mass is 10.1. The van der Waals surface area contributed by atoms with Crippen molar-refractivity contribution in [2.45, 2.75) is 26.7 Å². The second-order valence-corrected chi connectivity index (χ2v) is 3.92. The molecule has 0 nitrogen and oxygen atoms in total. The van der Waals surface area contributed by atoms with Crippen molar-refractivity contribution in [2.75, 3.05) is 0 Å². The highest BCUT2D eigenvalue weighted by molar-refractivity contribution is 5.45. The predicted octanol–water partition coefficient (Wildman–Crippen LogP) is 3.60. The molecule has 1 aromatic carbocycles. The summed E-state index contributed by atoms with van der Waals surface area (Å²) < 4.78 is 0. The molecule has 0 amide bonds. The van der Waals surface area contributed by atoms with Crippen molar-refractivity contribution in [1.29, 1.82) is 0 Å². The van der Waals surface area contributed by atoms with Crippen LogP contribution in [0.4, 0.5) is 0 Å². The molecule has 0 saturated heterocycles. The lowest BCUT2D eigenvalue weighted by molar-refractivity contribution is 1.16. The van der Waals surface area contributed by atoms with Gasteiger partial charge in [-0.3, -0.25) is 0 Å². The third-order valence-electron chi connectivity index (χ3n) is 2.85. The van der Waals surface area contributed by atoms with Crippen molar-refractivity contribution < 1.29 is 0 Å². The molecule has 0 bridgehead atoms. The quantitative estimate of drug-likeness (QED) is 0.625. The van der Waals surface area contributed by atoms with Crippen LogP contribution in [0.5, 0.6) is 0 Å². The molecule has 0 unspecified atom stereocenters. The van der Waals surface area contributed by atoms with Gasteiger partial charge in [0.25, 0.3) is 0 Å². The smallest absolute Gasteiger partial charge is 0.00552 e. The Labute approximate surface area is 86.0 Å². The largest absolute Gasteiger partial charge is 0.0877 e. The topological polar surface area (TPSA) is 0 Å². The Morgan fingerprint density at radius 3 is 2.79 bits per heavy atom. The molecular weight excluding hydrogens is 168 g/mol. The van der Waals surface area contributed by atoms with Gasteiger partial charge < -0.3 is 0 Å². The van der Waals surface area contributed by atoms with Crippen molar-refractivity contribution in [3.8, 4) is 0 Å². The molecule has 0 heterocycles. The fraction of sp³-hybridized carbons (Fsp3) is 0.286. The Bertz CT molecular complexity index is 394. The minimum absolute atomic E-state index is 1.14. The van der Waals surface area contributed by atoms with Crippen LogP contribution in [0.15, 0.2) is 42.0 Å². The monoisotopic (exact) mass is 184 g/mol. The molecule has 1 aromatic rings. The summed E-state index contributed by atoms with van der Waals surface area (Å²) >= 11 is 0. The van der Waals surface area contributed by atoms with Gasteiger partial charge in [0.2, 0.25) is 0 Å². The van der Waals surface area contributed by atoms with Gasteiger partial charge in [0.1, 0.15) is 0 Å². The third kappa shape index (κ3) is 1.65. The predicted molar refractivity (Wildman–Crippen MR) is 61.5 cm³/mol. The molecule has 0 N–H and O–H groups in total. The minimum atomic E-state index is 1.14. The zero-order chi connectivity index (χ0) is 9.97. The fourth-order valence-corrected chi connectivity index (χ4v) is 2.07. The molecule has 0 fully saturated rings. The van der Waals surface area contributed by atoms with E-state index in [9.17, 15) is 0 Å². The van der Waals surface area contributed by atoms with Gasteiger partial charge in [-0.25, -0.2) is 0 Å². The SMILES string of the molecule is C/C=C\C=C1\Cc2cccc(C)c2C1. The number of allylic oxidation sites excluding steroid dienone is 4. The molecule has 2 rings (SSSR count). The maximum Gasteiger partial charge on any atom is -0.00552 e. The Balaban J connectivity index is 2.30. The second-order valence-electron chi connectivity index (χ2n) is 3.92. The Morgan fingerprint density at radius 1 is 1.21 bits per heavy atom. The van der Waals surface area contributed by atoms with Crippen molar-refractivity contribution in [3.63, 3.8) is 0 Å². The summed E-state index contributed by atoms with van der Waals surface area (Å²) in [6, 6.07) is 6.61. The summed E-state index contributed by atoms with van der Waals surface area (Å²) in [5.41, 5.74) is 6.03. The van der Waals surface area contributed by atoms with Gasteiger partial charge in [-0.15, -0.1) is 0 Å². The summed E-state index contributed by atoms with van der Waals surface area (Å²) in [4.78, 5) is 0. The van der Waals surface area contributed by atoms with E-state index in [-0.39, 0.29) is 0 Å². The van der Waals surface area contributed by atoms with Gasteiger partial charge in [0.05, 0.1) is 0 Å². The normalized spacial score (nSPS) is 18.0. The van der Waals surface area contributed by atoms with Crippen LogP contribution in [0, 0.1) is 6.92 Å². The first-order valence-electron chi connectivity index (χ1n) is 5.19. The van der Waals surface area contributed by atoms with Crippen molar-refractivity contribution in [2.24, 2.45) is 0 Å². The zero-order valence-electron chi connectivity index (χ0n) is 8.88. The Hall–Kier alpha value is -1.30. The van der Waals surface area contributed by atoms with E-state index in [0.717, 1.165) is 12.8 Å². The summed E-state index contributed by atoms with van der Waals surface area (Å²) in [6.45, 7) is 4.27. The van der Waals surface area contributed by atoms with Crippen LogP contribution in [0.1, 0.15) is 23.6 Å². The van der Waals surface area contributed by atoms with Crippen LogP contribution in [0.2, 0.25) is 0 Å². The average molecular weight is 184 g/mol. The highest BCUT2D eigenvalue weighted by Crippen LogP contribution is 2.28. The summed E-state index contributed by atoms with van der Waals surface area (Å²) in [6.07, 6.45) is 8.76. The zero-order valence-corrected chi connectivity index (χ0v) is 8.88. The molecule has 0 spiro atoms. The van der Waals surface area contributed by atoms with Gasteiger partial charge in [-0.1, -0.05) is 42.0 Å². The van der Waals surface area contributed by atoms with Crippen LogP contribution in [-0.4, -0.2) is 0 Å². The van der Waals surface area contributed by atoms with Gasteiger partial charge in [0.15, 0.2) is 0 Å². The molecule has 0 aliphatic heterocycles. The van der Waals surface area contributed by atoms with E-state index in [2.05, 4.69) is 50.3 Å². The first-order chi connectivity index (χ1) is 6.81. The number of benzene rings is 1. The third-order valence-corrected chi connectivity index (χ3v) is 2.85. The van der Waals surface area contributed by atoms with Crippen molar-refractivity contribution >= 4 is 0 Å². The number of rotatable bonds is 1. The van der Waals surface area contributed by atoms with Gasteiger partial charge in [0, 0.05) is 0 Å². The van der Waals surface area contributed by atoms with Crippen LogP contribution >= 0.6 is 0 Å². The van der Waals surface area contributed by atoms with E-state index in [1.165, 1.54) is 16.7 Å². The standard InChI is InChI=1S/C14H16/c1-3-4-7-12-9-13-8-5-6-11(2)14(13)10-12/h3-8H,9-10H2,1-2H3/b4-3-,12-7-. The Morgan fingerprint density at radius 2 is 2.07 bits per heavy atom. The number of fused-ring (bicyclic) bond motifs is 1. The highest BCUT2D eigenvalue weighted by Gasteiger charge is 2.15. The molecule has 0 radical (unpaired) electrons. The molecule has 0 saturated carbocycles. The minimum Gasteiger partial charge on any atom is -0.0877 e. The number of hydrogen-bond acceptors (Lipinski definition) is 0. The van der Waals surface area contributed by atoms with Crippen molar-refractivity contribution in [1.82, 2.24) is 0 Å². The van der Waals surface area contributed by atoms with Crippen LogP contribution < -0.4 is 0 Å². The second kappa shape index (κ2) is 3.83. The maximum absolute atomic E-state index is 2.25. The molecule has 72 valence electrons. The maximum atomic E-state index is 2.25. The molecule has 0 atom stereocenters. The van der Waals surface area contributed by atoms with Gasteiger partial charge >= 0.3 is 0 Å². The number of aryl methyl sites for hydroxylation is 1. The van der Waals surface area contributed by atoms with E-state index < -0.39 is 0 Å². The lowest BCUT2D eigenvalue weighted by Gasteiger charge is -2.00. The van der Waals surface area contributed by atoms with E-state index >= 15 is 0 Å². The average Bonchev–Trinajstić information content (AvgIpc) is 2.59. The van der Waals surface area contributed by atoms with Crippen LogP contribution in [-0.2, 0) is 12.8 Å². The summed E-state index contributed by atoms with van der Waals surface area (Å²) in [5, 5.41) is 0.